The molecular weight excluding hydrogens is 262 g/mol. The first-order valence-electron chi connectivity index (χ1n) is 7.02. The lowest BCUT2D eigenvalue weighted by molar-refractivity contribution is 0.522. The van der Waals surface area contributed by atoms with Crippen molar-refractivity contribution in [2.75, 3.05) is 0 Å². The van der Waals surface area contributed by atoms with Crippen LogP contribution in [0.2, 0.25) is 0 Å². The van der Waals surface area contributed by atoms with Gasteiger partial charge >= 0.3 is 0 Å². The van der Waals surface area contributed by atoms with Gasteiger partial charge in [0.1, 0.15) is 0 Å². The van der Waals surface area contributed by atoms with Crippen LogP contribution in [0.3, 0.4) is 0 Å². The third-order valence-electron chi connectivity index (χ3n) is 3.75. The summed E-state index contributed by atoms with van der Waals surface area (Å²) in [4.78, 5) is 21.2. The monoisotopic (exact) mass is 279 g/mol. The minimum atomic E-state index is 0.0227. The van der Waals surface area contributed by atoms with Gasteiger partial charge in [-0.25, -0.2) is 4.98 Å². The summed E-state index contributed by atoms with van der Waals surface area (Å²) in [7, 11) is 0. The van der Waals surface area contributed by atoms with E-state index in [2.05, 4.69) is 9.97 Å². The van der Waals surface area contributed by atoms with Crippen LogP contribution < -0.4 is 5.56 Å². The average molecular weight is 279 g/mol. The zero-order chi connectivity index (χ0) is 14.8. The highest BCUT2D eigenvalue weighted by atomic mass is 16.1. The molecule has 4 nitrogen and oxygen atoms in total. The van der Waals surface area contributed by atoms with Crippen molar-refractivity contribution in [3.8, 4) is 0 Å². The molecule has 0 aliphatic carbocycles. The highest BCUT2D eigenvalue weighted by Gasteiger charge is 2.12. The number of aromatic nitrogens is 3. The van der Waals surface area contributed by atoms with Crippen LogP contribution in [0.1, 0.15) is 24.1 Å². The average Bonchev–Trinajstić information content (AvgIpc) is 2.48. The highest BCUT2D eigenvalue weighted by molar-refractivity contribution is 5.80. The first-order valence-corrected chi connectivity index (χ1v) is 7.02. The standard InChI is InChI=1S/C17H17N3O/c1-12-5-3-7-15-16(12)17(21)20(11-19-15)13(2)9-14-6-4-8-18-10-14/h3-8,10-11,13H,9H2,1-2H3. The molecule has 0 aliphatic rings. The van der Waals surface area contributed by atoms with Gasteiger partial charge in [-0.15, -0.1) is 0 Å². The summed E-state index contributed by atoms with van der Waals surface area (Å²) < 4.78 is 1.71. The second kappa shape index (κ2) is 5.48. The van der Waals surface area contributed by atoms with E-state index in [-0.39, 0.29) is 11.6 Å². The molecule has 0 aliphatic heterocycles. The number of nitrogens with zero attached hydrogens (tertiary/aromatic N) is 3. The van der Waals surface area contributed by atoms with E-state index >= 15 is 0 Å². The van der Waals surface area contributed by atoms with E-state index in [9.17, 15) is 4.79 Å². The molecule has 106 valence electrons. The largest absolute Gasteiger partial charge is 0.296 e. The van der Waals surface area contributed by atoms with Gasteiger partial charge in [-0.3, -0.25) is 14.3 Å². The molecule has 3 rings (SSSR count). The minimum absolute atomic E-state index is 0.0227. The Kier molecular flexibility index (Phi) is 3.52. The maximum absolute atomic E-state index is 12.7. The van der Waals surface area contributed by atoms with Crippen LogP contribution in [0.25, 0.3) is 10.9 Å². The van der Waals surface area contributed by atoms with Gasteiger partial charge in [0.15, 0.2) is 0 Å². The summed E-state index contributed by atoms with van der Waals surface area (Å²) in [6.45, 7) is 3.97. The smallest absolute Gasteiger partial charge is 0.261 e. The van der Waals surface area contributed by atoms with E-state index in [0.717, 1.165) is 23.1 Å². The van der Waals surface area contributed by atoms with Crippen molar-refractivity contribution in [2.45, 2.75) is 26.3 Å². The van der Waals surface area contributed by atoms with Gasteiger partial charge in [0.05, 0.1) is 17.2 Å². The molecule has 2 heterocycles. The number of benzene rings is 1. The Labute approximate surface area is 123 Å². The molecule has 0 fully saturated rings. The van der Waals surface area contributed by atoms with E-state index in [0.29, 0.717) is 5.39 Å². The fourth-order valence-corrected chi connectivity index (χ4v) is 2.62. The Morgan fingerprint density at radius 2 is 2.10 bits per heavy atom. The predicted octanol–water partition coefficient (Wildman–Crippen LogP) is 2.90. The number of hydrogen-bond donors (Lipinski definition) is 0. The fraction of sp³-hybridized carbons (Fsp3) is 0.235. The maximum Gasteiger partial charge on any atom is 0.261 e. The molecule has 3 aromatic rings. The first-order chi connectivity index (χ1) is 10.2. The predicted molar refractivity (Wildman–Crippen MR) is 83.4 cm³/mol. The van der Waals surface area contributed by atoms with Crippen molar-refractivity contribution >= 4 is 10.9 Å². The van der Waals surface area contributed by atoms with Crippen LogP contribution in [-0.4, -0.2) is 14.5 Å². The summed E-state index contributed by atoms with van der Waals surface area (Å²) in [6, 6.07) is 9.72. The molecule has 4 heteroatoms. The van der Waals surface area contributed by atoms with Gasteiger partial charge in [0.25, 0.3) is 5.56 Å². The topological polar surface area (TPSA) is 47.8 Å². The van der Waals surface area contributed by atoms with Gasteiger partial charge in [-0.1, -0.05) is 18.2 Å². The molecule has 0 bridgehead atoms. The zero-order valence-electron chi connectivity index (χ0n) is 12.2. The van der Waals surface area contributed by atoms with E-state index in [1.807, 2.05) is 50.4 Å². The normalized spacial score (nSPS) is 12.5. The van der Waals surface area contributed by atoms with Crippen LogP contribution in [0.5, 0.6) is 0 Å². The Balaban J connectivity index is 2.03. The molecule has 1 aromatic carbocycles. The highest BCUT2D eigenvalue weighted by Crippen LogP contribution is 2.15. The van der Waals surface area contributed by atoms with Gasteiger partial charge in [0, 0.05) is 18.4 Å². The number of rotatable bonds is 3. The fourth-order valence-electron chi connectivity index (χ4n) is 2.62. The second-order valence-electron chi connectivity index (χ2n) is 5.34. The lowest BCUT2D eigenvalue weighted by atomic mass is 10.1. The van der Waals surface area contributed by atoms with Crippen LogP contribution in [0, 0.1) is 6.92 Å². The molecule has 1 unspecified atom stereocenters. The molecular formula is C17H17N3O. The summed E-state index contributed by atoms with van der Waals surface area (Å²) in [6.07, 6.45) is 5.99. The Morgan fingerprint density at radius 3 is 2.86 bits per heavy atom. The minimum Gasteiger partial charge on any atom is -0.296 e. The van der Waals surface area contributed by atoms with Crippen molar-refractivity contribution in [3.63, 3.8) is 0 Å². The van der Waals surface area contributed by atoms with Crippen molar-refractivity contribution in [2.24, 2.45) is 0 Å². The van der Waals surface area contributed by atoms with E-state index in [4.69, 9.17) is 0 Å². The molecule has 21 heavy (non-hydrogen) atoms. The van der Waals surface area contributed by atoms with Crippen molar-refractivity contribution in [3.05, 3.63) is 70.5 Å². The summed E-state index contributed by atoms with van der Waals surface area (Å²) >= 11 is 0. The van der Waals surface area contributed by atoms with Crippen LogP contribution in [-0.2, 0) is 6.42 Å². The number of aryl methyl sites for hydroxylation is 1. The van der Waals surface area contributed by atoms with Crippen molar-refractivity contribution in [1.82, 2.24) is 14.5 Å². The Bertz CT molecular complexity index is 824. The molecule has 0 N–H and O–H groups in total. The maximum atomic E-state index is 12.7. The molecule has 0 spiro atoms. The van der Waals surface area contributed by atoms with Crippen LogP contribution >= 0.6 is 0 Å². The van der Waals surface area contributed by atoms with E-state index < -0.39 is 0 Å². The van der Waals surface area contributed by atoms with Crippen LogP contribution in [0.15, 0.2) is 53.8 Å². The Hall–Kier alpha value is -2.49. The van der Waals surface area contributed by atoms with Crippen molar-refractivity contribution in [1.29, 1.82) is 0 Å². The number of pyridine rings is 1. The lowest BCUT2D eigenvalue weighted by Crippen LogP contribution is -2.25. The summed E-state index contributed by atoms with van der Waals surface area (Å²) in [5.41, 5.74) is 2.86. The lowest BCUT2D eigenvalue weighted by Gasteiger charge is -2.15. The number of hydrogen-bond acceptors (Lipinski definition) is 3. The quantitative estimate of drug-likeness (QED) is 0.740. The van der Waals surface area contributed by atoms with Crippen molar-refractivity contribution < 1.29 is 0 Å². The third-order valence-corrected chi connectivity index (χ3v) is 3.75. The number of fused-ring (bicyclic) bond motifs is 1. The van der Waals surface area contributed by atoms with Gasteiger partial charge in [0.2, 0.25) is 0 Å². The summed E-state index contributed by atoms with van der Waals surface area (Å²) in [5.74, 6) is 0. The summed E-state index contributed by atoms with van der Waals surface area (Å²) in [5, 5.41) is 0.707. The molecule has 1 atom stereocenters. The SMILES string of the molecule is Cc1cccc2ncn(C(C)Cc3cccnc3)c(=O)c12. The molecule has 0 saturated carbocycles. The first kappa shape index (κ1) is 13.5. The third kappa shape index (κ3) is 2.57. The van der Waals surface area contributed by atoms with E-state index in [1.54, 1.807) is 17.1 Å². The second-order valence-corrected chi connectivity index (χ2v) is 5.34. The zero-order valence-corrected chi connectivity index (χ0v) is 12.2. The molecule has 0 amide bonds. The van der Waals surface area contributed by atoms with E-state index in [1.165, 1.54) is 0 Å². The molecule has 0 radical (unpaired) electrons. The molecule has 0 saturated heterocycles. The van der Waals surface area contributed by atoms with Gasteiger partial charge in [-0.2, -0.15) is 0 Å². The van der Waals surface area contributed by atoms with Gasteiger partial charge < -0.3 is 0 Å². The Morgan fingerprint density at radius 1 is 1.24 bits per heavy atom. The van der Waals surface area contributed by atoms with Crippen LogP contribution in [0.4, 0.5) is 0 Å². The van der Waals surface area contributed by atoms with Gasteiger partial charge in [-0.05, 0) is 43.5 Å². The molecule has 2 aromatic heterocycles.